The number of anilines is 1. The van der Waals surface area contributed by atoms with Crippen LogP contribution in [0.2, 0.25) is 0 Å². The second-order valence-electron chi connectivity index (χ2n) is 11.4. The number of amides is 1. The second-order valence-corrected chi connectivity index (χ2v) is 11.4. The van der Waals surface area contributed by atoms with Gasteiger partial charge in [-0.2, -0.15) is 0 Å². The molecule has 0 aromatic carbocycles. The Hall–Kier alpha value is -3.61. The number of hydrogen-bond acceptors (Lipinski definition) is 10. The molecule has 2 rings (SSSR count). The van der Waals surface area contributed by atoms with Crippen LogP contribution in [0.1, 0.15) is 96.3 Å². The highest BCUT2D eigenvalue weighted by molar-refractivity contribution is 5.93. The Morgan fingerprint density at radius 3 is 2.41 bits per heavy atom. The molecule has 0 spiro atoms. The summed E-state index contributed by atoms with van der Waals surface area (Å²) < 4.78 is 6.01. The first-order valence-corrected chi connectivity index (χ1v) is 14.2. The number of aliphatic carboxylic acids is 1. The number of aryl methyl sites for hydroxylation is 1. The fourth-order valence-electron chi connectivity index (χ4n) is 4.26. The first-order valence-electron chi connectivity index (χ1n) is 14.2. The summed E-state index contributed by atoms with van der Waals surface area (Å²) in [7, 11) is 1.80. The van der Waals surface area contributed by atoms with Gasteiger partial charge < -0.3 is 15.7 Å². The normalized spacial score (nSPS) is 13.2. The van der Waals surface area contributed by atoms with Gasteiger partial charge in [-0.1, -0.05) is 64.2 Å². The van der Waals surface area contributed by atoms with E-state index in [0.717, 1.165) is 25.7 Å². The van der Waals surface area contributed by atoms with Crippen molar-refractivity contribution >= 4 is 23.5 Å². The summed E-state index contributed by atoms with van der Waals surface area (Å²) in [5.41, 5.74) is 0.631. The fraction of sp³-hybridized carbons (Fsp3) is 0.679. The van der Waals surface area contributed by atoms with Crippen molar-refractivity contribution < 1.29 is 24.1 Å². The molecule has 0 fully saturated rings. The highest BCUT2D eigenvalue weighted by Gasteiger charge is 2.30. The summed E-state index contributed by atoms with van der Waals surface area (Å²) in [5, 5.41) is 22.6. The van der Waals surface area contributed by atoms with Gasteiger partial charge in [-0.05, 0) is 33.4 Å². The topological polar surface area (TPSA) is 173 Å². The maximum absolute atomic E-state index is 13.5. The van der Waals surface area contributed by atoms with Crippen LogP contribution >= 0.6 is 0 Å². The van der Waals surface area contributed by atoms with E-state index in [1.54, 1.807) is 27.1 Å². The van der Waals surface area contributed by atoms with E-state index in [4.69, 9.17) is 4.63 Å². The minimum Gasteiger partial charge on any atom is -0.481 e. The fourth-order valence-corrected chi connectivity index (χ4v) is 4.26. The number of carbonyl (C=O) groups excluding carboxylic acids is 2. The van der Waals surface area contributed by atoms with Gasteiger partial charge in [0.25, 0.3) is 5.56 Å². The Morgan fingerprint density at radius 1 is 1.15 bits per heavy atom. The van der Waals surface area contributed by atoms with E-state index in [2.05, 4.69) is 32.9 Å². The molecular weight excluding hydrogens is 530 g/mol. The van der Waals surface area contributed by atoms with Gasteiger partial charge in [0, 0.05) is 11.6 Å². The van der Waals surface area contributed by atoms with Gasteiger partial charge in [-0.15, -0.1) is 0 Å². The largest absolute Gasteiger partial charge is 0.481 e. The van der Waals surface area contributed by atoms with Crippen molar-refractivity contribution in [1.29, 1.82) is 0 Å². The number of nitrogens with zero attached hydrogens (tertiary/aromatic N) is 5. The summed E-state index contributed by atoms with van der Waals surface area (Å²) in [6.07, 6.45) is 5.39. The summed E-state index contributed by atoms with van der Waals surface area (Å²) in [4.78, 5) is 58.0. The molecule has 1 amide bonds. The lowest BCUT2D eigenvalue weighted by Gasteiger charge is -2.26. The van der Waals surface area contributed by atoms with E-state index >= 15 is 0 Å². The van der Waals surface area contributed by atoms with Crippen molar-refractivity contribution in [3.8, 4) is 0 Å². The van der Waals surface area contributed by atoms with Gasteiger partial charge in [0.05, 0.1) is 31.2 Å². The van der Waals surface area contributed by atoms with Crippen LogP contribution in [0.5, 0.6) is 0 Å². The number of nitrogens with one attached hydrogen (secondary N) is 2. The predicted octanol–water partition coefficient (Wildman–Crippen LogP) is 2.84. The van der Waals surface area contributed by atoms with Crippen molar-refractivity contribution in [2.24, 2.45) is 0 Å². The Kier molecular flexibility index (Phi) is 12.6. The number of unbranched alkanes of at least 4 members (excludes halogenated alkanes) is 3. The number of Topliss-reactive ketones (excluding diaryl/α,β-unsaturated/α-hetero) is 1. The molecule has 2 heterocycles. The van der Waals surface area contributed by atoms with Crippen LogP contribution in [0.15, 0.2) is 15.6 Å². The highest BCUT2D eigenvalue weighted by Crippen LogP contribution is 2.22. The van der Waals surface area contributed by atoms with Crippen molar-refractivity contribution in [2.75, 3.05) is 25.5 Å². The summed E-state index contributed by atoms with van der Waals surface area (Å²) in [6, 6.07) is -2.23. The first kappa shape index (κ1) is 33.6. The average molecular weight is 576 g/mol. The van der Waals surface area contributed by atoms with E-state index in [1.165, 1.54) is 4.57 Å². The molecule has 228 valence electrons. The molecule has 13 nitrogen and oxygen atoms in total. The minimum atomic E-state index is -1.23. The molecule has 0 aliphatic heterocycles. The number of hydrogen-bond donors (Lipinski definition) is 3. The van der Waals surface area contributed by atoms with Crippen LogP contribution in [0, 0.1) is 6.92 Å². The summed E-state index contributed by atoms with van der Waals surface area (Å²) in [5.74, 6) is -2.20. The van der Waals surface area contributed by atoms with Gasteiger partial charge in [0.1, 0.15) is 17.4 Å². The zero-order valence-corrected chi connectivity index (χ0v) is 25.3. The maximum atomic E-state index is 13.5. The van der Waals surface area contributed by atoms with Crippen LogP contribution < -0.4 is 16.2 Å². The molecule has 2 aromatic rings. The van der Waals surface area contributed by atoms with Crippen molar-refractivity contribution in [2.45, 2.75) is 104 Å². The quantitative estimate of drug-likeness (QED) is 0.237. The van der Waals surface area contributed by atoms with E-state index in [9.17, 15) is 24.3 Å². The lowest BCUT2D eigenvalue weighted by molar-refractivity contribution is -0.140. The molecule has 0 aliphatic rings. The molecule has 41 heavy (non-hydrogen) atoms. The van der Waals surface area contributed by atoms with Crippen LogP contribution in [-0.2, 0) is 26.3 Å². The number of carboxylic acid groups (broad SMARTS) is 1. The number of ketones is 1. The molecule has 3 N–H and O–H groups in total. The van der Waals surface area contributed by atoms with Crippen LogP contribution in [-0.4, -0.2) is 73.7 Å². The molecule has 0 bridgehead atoms. The molecule has 0 saturated carbocycles. The molecular formula is C28H45N7O6. The van der Waals surface area contributed by atoms with Gasteiger partial charge in [0.2, 0.25) is 5.91 Å². The van der Waals surface area contributed by atoms with Crippen LogP contribution in [0.4, 0.5) is 5.82 Å². The predicted molar refractivity (Wildman–Crippen MR) is 154 cm³/mol. The van der Waals surface area contributed by atoms with Gasteiger partial charge >= 0.3 is 5.97 Å². The molecule has 0 radical (unpaired) electrons. The van der Waals surface area contributed by atoms with Gasteiger partial charge in [0.15, 0.2) is 11.6 Å². The lowest BCUT2D eigenvalue weighted by Crippen LogP contribution is -2.49. The molecule has 1 unspecified atom stereocenters. The number of aromatic nitrogens is 4. The van der Waals surface area contributed by atoms with Crippen molar-refractivity contribution in [3.63, 3.8) is 0 Å². The zero-order valence-electron chi connectivity index (χ0n) is 25.3. The Labute approximate surface area is 241 Å². The van der Waals surface area contributed by atoms with Crippen molar-refractivity contribution in [1.82, 2.24) is 30.1 Å². The monoisotopic (exact) mass is 575 g/mol. The Morgan fingerprint density at radius 2 is 1.85 bits per heavy atom. The van der Waals surface area contributed by atoms with E-state index < -0.39 is 47.1 Å². The number of carboxylic acids is 1. The van der Waals surface area contributed by atoms with E-state index in [1.807, 2.05) is 25.7 Å². The second kappa shape index (κ2) is 15.4. The standard InChI is InChI=1S/C28H45N7O6/c1-8-10-11-12-13-34(7)16-22(36)19(14-24(37)38)30-26(39)21(9-2)35-17-23(28(4,5)6)31-25(27(35)40)29-15-20-18(3)32-41-33-20/h17,19,21H,8-16H2,1-7H3,(H,29,31)(H,30,39)(H,37,38)/t19?,21-/m1/s1. The zero-order chi connectivity index (χ0) is 30.7. The smallest absolute Gasteiger partial charge is 0.305 e. The van der Waals surface area contributed by atoms with Crippen LogP contribution in [0.3, 0.4) is 0 Å². The Balaban J connectivity index is 2.31. The molecule has 2 atom stereocenters. The number of carbonyl (C=O) groups is 3. The first-order chi connectivity index (χ1) is 19.3. The minimum absolute atomic E-state index is 0.00884. The number of rotatable bonds is 17. The van der Waals surface area contributed by atoms with Crippen molar-refractivity contribution in [3.05, 3.63) is 33.6 Å². The van der Waals surface area contributed by atoms with E-state index in [-0.39, 0.29) is 25.3 Å². The SMILES string of the molecule is CCCCCCN(C)CC(=O)C(CC(=O)O)NC(=O)[C@@H](CC)n1cc(C(C)(C)C)nc(NCc2nonc2C)c1=O. The van der Waals surface area contributed by atoms with Crippen LogP contribution in [0.25, 0.3) is 0 Å². The van der Waals surface area contributed by atoms with Gasteiger partial charge in [-0.3, -0.25) is 28.6 Å². The Bertz CT molecular complexity index is 1230. The molecule has 0 aliphatic carbocycles. The number of likely N-dealkylation sites (N-methyl/N-ethyl adjacent to an activating group) is 1. The third-order valence-electron chi connectivity index (χ3n) is 6.80. The van der Waals surface area contributed by atoms with Gasteiger partial charge in [-0.25, -0.2) is 9.61 Å². The third kappa shape index (κ3) is 10.1. The average Bonchev–Trinajstić information content (AvgIpc) is 3.30. The maximum Gasteiger partial charge on any atom is 0.305 e. The molecule has 2 aromatic heterocycles. The summed E-state index contributed by atoms with van der Waals surface area (Å²) >= 11 is 0. The third-order valence-corrected chi connectivity index (χ3v) is 6.80. The lowest BCUT2D eigenvalue weighted by atomic mass is 9.92. The molecule has 13 heteroatoms. The highest BCUT2D eigenvalue weighted by atomic mass is 16.6. The summed E-state index contributed by atoms with van der Waals surface area (Å²) in [6.45, 7) is 12.2. The molecule has 0 saturated heterocycles. The van der Waals surface area contributed by atoms with E-state index in [0.29, 0.717) is 23.6 Å².